The molecule has 1 rings (SSSR count). The predicted octanol–water partition coefficient (Wildman–Crippen LogP) is 3.07. The van der Waals surface area contributed by atoms with Crippen LogP contribution in [0.5, 0.6) is 0 Å². The molecule has 0 fully saturated rings. The van der Waals surface area contributed by atoms with E-state index in [1.54, 1.807) is 18.0 Å². The summed E-state index contributed by atoms with van der Waals surface area (Å²) in [6.45, 7) is 7.52. The van der Waals surface area contributed by atoms with E-state index in [1.807, 2.05) is 32.9 Å². The molecule has 8 heteroatoms. The van der Waals surface area contributed by atoms with Crippen LogP contribution >= 0.6 is 35.7 Å². The number of esters is 1. The first-order valence-electron chi connectivity index (χ1n) is 8.16. The number of nitrogens with zero attached hydrogens (tertiary/aromatic N) is 1. The number of carbonyl (C=O) groups excluding carboxylic acids is 1. The van der Waals surface area contributed by atoms with Gasteiger partial charge in [-0.1, -0.05) is 0 Å². The first-order chi connectivity index (χ1) is 11.4. The lowest BCUT2D eigenvalue weighted by atomic mass is 10.2. The number of hydrogen-bond acceptors (Lipinski definition) is 5. The van der Waals surface area contributed by atoms with Crippen molar-refractivity contribution in [1.29, 1.82) is 0 Å². The molecule has 0 amide bonds. The number of aliphatic imine (C=N–C) groups is 1. The van der Waals surface area contributed by atoms with E-state index >= 15 is 0 Å². The van der Waals surface area contributed by atoms with Crippen molar-refractivity contribution >= 4 is 47.7 Å². The summed E-state index contributed by atoms with van der Waals surface area (Å²) < 4.78 is 10.6. The molecule has 0 aromatic carbocycles. The van der Waals surface area contributed by atoms with Crippen LogP contribution in [0.4, 0.5) is 0 Å². The van der Waals surface area contributed by atoms with Crippen LogP contribution in [-0.2, 0) is 16.0 Å². The zero-order valence-electron chi connectivity index (χ0n) is 15.5. The summed E-state index contributed by atoms with van der Waals surface area (Å²) in [6.07, 6.45) is 4.80. The van der Waals surface area contributed by atoms with Crippen LogP contribution in [0.2, 0.25) is 0 Å². The second-order valence-electron chi connectivity index (χ2n) is 6.24. The van der Waals surface area contributed by atoms with Gasteiger partial charge in [0.05, 0.1) is 19.2 Å². The Morgan fingerprint density at radius 2 is 2.04 bits per heavy atom. The van der Waals surface area contributed by atoms with E-state index in [0.717, 1.165) is 24.5 Å². The molecule has 0 unspecified atom stereocenters. The highest BCUT2D eigenvalue weighted by Gasteiger charge is 2.15. The van der Waals surface area contributed by atoms with Crippen LogP contribution in [0, 0.1) is 0 Å². The van der Waals surface area contributed by atoms with Crippen LogP contribution in [0.1, 0.15) is 33.0 Å². The zero-order chi connectivity index (χ0) is 17.8. The SMILES string of the molecule is CSCCN=C(NCCC(=O)OC(C)(C)C)NCCc1ccco1.I. The summed E-state index contributed by atoms with van der Waals surface area (Å²) in [6, 6.07) is 3.82. The minimum atomic E-state index is -0.451. The fourth-order valence-corrected chi connectivity index (χ4v) is 2.13. The van der Waals surface area contributed by atoms with Gasteiger partial charge in [0, 0.05) is 25.3 Å². The van der Waals surface area contributed by atoms with Crippen molar-refractivity contribution in [2.45, 2.75) is 39.2 Å². The summed E-state index contributed by atoms with van der Waals surface area (Å²) >= 11 is 1.75. The quantitative estimate of drug-likeness (QED) is 0.185. The van der Waals surface area contributed by atoms with Crippen LogP contribution in [-0.4, -0.2) is 49.2 Å². The highest BCUT2D eigenvalue weighted by atomic mass is 127. The lowest BCUT2D eigenvalue weighted by molar-refractivity contribution is -0.154. The molecular formula is C17H30IN3O3S. The van der Waals surface area contributed by atoms with Crippen LogP contribution < -0.4 is 10.6 Å². The summed E-state index contributed by atoms with van der Waals surface area (Å²) in [4.78, 5) is 16.2. The Morgan fingerprint density at radius 1 is 1.32 bits per heavy atom. The Kier molecular flexibility index (Phi) is 12.8. The largest absolute Gasteiger partial charge is 0.469 e. The Hall–Kier alpha value is -0.900. The van der Waals surface area contributed by atoms with Gasteiger partial charge in [-0.05, 0) is 39.2 Å². The van der Waals surface area contributed by atoms with Crippen molar-refractivity contribution < 1.29 is 13.9 Å². The number of hydrogen-bond donors (Lipinski definition) is 2. The molecule has 0 saturated heterocycles. The highest BCUT2D eigenvalue weighted by molar-refractivity contribution is 14.0. The number of thioether (sulfide) groups is 1. The van der Waals surface area contributed by atoms with Crippen molar-refractivity contribution in [1.82, 2.24) is 10.6 Å². The summed E-state index contributed by atoms with van der Waals surface area (Å²) in [5.41, 5.74) is -0.451. The molecule has 0 aliphatic heterocycles. The van der Waals surface area contributed by atoms with E-state index in [9.17, 15) is 4.79 Å². The number of furan rings is 1. The van der Waals surface area contributed by atoms with Crippen LogP contribution in [0.15, 0.2) is 27.8 Å². The molecule has 0 aliphatic rings. The number of rotatable bonds is 9. The molecule has 0 bridgehead atoms. The van der Waals surface area contributed by atoms with Gasteiger partial charge in [-0.25, -0.2) is 0 Å². The molecule has 1 aromatic heterocycles. The Labute approximate surface area is 172 Å². The highest BCUT2D eigenvalue weighted by Crippen LogP contribution is 2.07. The number of ether oxygens (including phenoxy) is 1. The Morgan fingerprint density at radius 3 is 2.64 bits per heavy atom. The first-order valence-corrected chi connectivity index (χ1v) is 9.55. The molecular weight excluding hydrogens is 453 g/mol. The zero-order valence-corrected chi connectivity index (χ0v) is 18.6. The molecule has 0 spiro atoms. The molecule has 144 valence electrons. The topological polar surface area (TPSA) is 75.9 Å². The summed E-state index contributed by atoms with van der Waals surface area (Å²) in [5.74, 6) is 2.38. The normalized spacial score (nSPS) is 11.6. The van der Waals surface area contributed by atoms with E-state index in [0.29, 0.717) is 25.5 Å². The Bertz CT molecular complexity index is 502. The minimum Gasteiger partial charge on any atom is -0.469 e. The monoisotopic (exact) mass is 483 g/mol. The molecule has 0 aliphatic carbocycles. The van der Waals surface area contributed by atoms with Gasteiger partial charge in [-0.2, -0.15) is 11.8 Å². The molecule has 25 heavy (non-hydrogen) atoms. The second-order valence-corrected chi connectivity index (χ2v) is 7.23. The van der Waals surface area contributed by atoms with Crippen molar-refractivity contribution in [2.75, 3.05) is 31.6 Å². The third-order valence-corrected chi connectivity index (χ3v) is 3.44. The third kappa shape index (κ3) is 13.0. The van der Waals surface area contributed by atoms with E-state index in [-0.39, 0.29) is 29.9 Å². The Balaban J connectivity index is 0.00000576. The van der Waals surface area contributed by atoms with E-state index in [1.165, 1.54) is 0 Å². The minimum absolute atomic E-state index is 0. The molecule has 0 saturated carbocycles. The molecule has 1 aromatic rings. The van der Waals surface area contributed by atoms with Crippen molar-refractivity contribution in [3.63, 3.8) is 0 Å². The number of halogens is 1. The van der Waals surface area contributed by atoms with Gasteiger partial charge < -0.3 is 19.8 Å². The number of guanidine groups is 1. The average Bonchev–Trinajstić information content (AvgIpc) is 2.98. The van der Waals surface area contributed by atoms with Gasteiger partial charge in [-0.3, -0.25) is 9.79 Å². The van der Waals surface area contributed by atoms with Gasteiger partial charge in [0.1, 0.15) is 11.4 Å². The van der Waals surface area contributed by atoms with Crippen molar-refractivity contribution in [3.8, 4) is 0 Å². The molecule has 0 atom stereocenters. The fourth-order valence-electron chi connectivity index (χ4n) is 1.86. The number of carbonyl (C=O) groups is 1. The fraction of sp³-hybridized carbons (Fsp3) is 0.647. The maximum atomic E-state index is 11.7. The lowest BCUT2D eigenvalue weighted by Crippen LogP contribution is -2.40. The maximum Gasteiger partial charge on any atom is 0.308 e. The van der Waals surface area contributed by atoms with Gasteiger partial charge in [-0.15, -0.1) is 24.0 Å². The third-order valence-electron chi connectivity index (χ3n) is 2.85. The average molecular weight is 483 g/mol. The molecule has 2 N–H and O–H groups in total. The summed E-state index contributed by atoms with van der Waals surface area (Å²) in [7, 11) is 0. The van der Waals surface area contributed by atoms with Gasteiger partial charge in [0.2, 0.25) is 0 Å². The van der Waals surface area contributed by atoms with Crippen LogP contribution in [0.3, 0.4) is 0 Å². The standard InChI is InChI=1S/C17H29N3O3S.HI/c1-17(2,3)23-15(21)8-10-19-16(20-11-13-24-4)18-9-7-14-6-5-12-22-14;/h5-6,12H,7-11,13H2,1-4H3,(H2,18,19,20);1H. The van der Waals surface area contributed by atoms with Gasteiger partial charge in [0.15, 0.2) is 5.96 Å². The summed E-state index contributed by atoms with van der Waals surface area (Å²) in [5, 5.41) is 6.43. The smallest absolute Gasteiger partial charge is 0.308 e. The van der Waals surface area contributed by atoms with Gasteiger partial charge >= 0.3 is 5.97 Å². The number of nitrogens with one attached hydrogen (secondary N) is 2. The lowest BCUT2D eigenvalue weighted by Gasteiger charge is -2.19. The van der Waals surface area contributed by atoms with Crippen LogP contribution in [0.25, 0.3) is 0 Å². The van der Waals surface area contributed by atoms with E-state index in [4.69, 9.17) is 9.15 Å². The van der Waals surface area contributed by atoms with E-state index in [2.05, 4.69) is 21.9 Å². The van der Waals surface area contributed by atoms with Crippen molar-refractivity contribution in [3.05, 3.63) is 24.2 Å². The molecule has 0 radical (unpaired) electrons. The van der Waals surface area contributed by atoms with Crippen molar-refractivity contribution in [2.24, 2.45) is 4.99 Å². The van der Waals surface area contributed by atoms with Gasteiger partial charge in [0.25, 0.3) is 0 Å². The predicted molar refractivity (Wildman–Crippen MR) is 115 cm³/mol. The molecule has 6 nitrogen and oxygen atoms in total. The second kappa shape index (κ2) is 13.3. The van der Waals surface area contributed by atoms with E-state index < -0.39 is 5.60 Å². The first kappa shape index (κ1) is 24.1. The molecule has 1 heterocycles. The maximum absolute atomic E-state index is 11.7.